The van der Waals surface area contributed by atoms with Crippen molar-refractivity contribution in [3.63, 3.8) is 0 Å². The maximum Gasteiger partial charge on any atom is 0.416 e. The van der Waals surface area contributed by atoms with Crippen LogP contribution >= 0.6 is 0 Å². The van der Waals surface area contributed by atoms with E-state index < -0.39 is 11.7 Å². The average Bonchev–Trinajstić information content (AvgIpc) is 3.18. The van der Waals surface area contributed by atoms with Gasteiger partial charge in [0.05, 0.1) is 19.2 Å². The number of aromatic nitrogens is 2. The van der Waals surface area contributed by atoms with Gasteiger partial charge in [-0.15, -0.1) is 0 Å². The first-order chi connectivity index (χ1) is 15.2. The van der Waals surface area contributed by atoms with Gasteiger partial charge in [0.1, 0.15) is 11.6 Å². The van der Waals surface area contributed by atoms with Crippen LogP contribution in [0.1, 0.15) is 41.2 Å². The van der Waals surface area contributed by atoms with Crippen LogP contribution in [0.2, 0.25) is 0 Å². The van der Waals surface area contributed by atoms with E-state index in [9.17, 15) is 18.0 Å². The molecule has 32 heavy (non-hydrogen) atoms. The summed E-state index contributed by atoms with van der Waals surface area (Å²) in [6, 6.07) is 12.2. The largest absolute Gasteiger partial charge is 0.497 e. The first-order valence-electron chi connectivity index (χ1n) is 10.3. The summed E-state index contributed by atoms with van der Waals surface area (Å²) in [4.78, 5) is 19.3. The van der Waals surface area contributed by atoms with Crippen molar-refractivity contribution in [3.05, 3.63) is 83.4 Å². The predicted molar refractivity (Wildman–Crippen MR) is 115 cm³/mol. The molecule has 170 valence electrons. The highest BCUT2D eigenvalue weighted by atomic mass is 19.4. The summed E-state index contributed by atoms with van der Waals surface area (Å²) >= 11 is 0. The van der Waals surface area contributed by atoms with E-state index in [1.54, 1.807) is 59.3 Å². The zero-order valence-electron chi connectivity index (χ0n) is 18.3. The lowest BCUT2D eigenvalue weighted by molar-refractivity contribution is -0.137. The number of carbonyl (C=O) groups is 1. The van der Waals surface area contributed by atoms with Crippen molar-refractivity contribution in [1.29, 1.82) is 0 Å². The minimum Gasteiger partial charge on any atom is -0.497 e. The molecule has 0 saturated carbocycles. The molecule has 3 aromatic rings. The predicted octanol–water partition coefficient (Wildman–Crippen LogP) is 5.26. The standard InChI is InChI=1S/C24H26F3N3O2/c1-17(2)14-30(23(31)19-7-5-9-21(13-19)32-3)16-22-28-10-11-29(22)15-18-6-4-8-20(12-18)24(25,26)27/h4-13,17H,14-16H2,1-3H3. The Labute approximate surface area is 185 Å². The Kier molecular flexibility index (Phi) is 7.22. The smallest absolute Gasteiger partial charge is 0.416 e. The monoisotopic (exact) mass is 445 g/mol. The van der Waals surface area contributed by atoms with Crippen LogP contribution in [0.5, 0.6) is 5.75 Å². The van der Waals surface area contributed by atoms with Gasteiger partial charge < -0.3 is 14.2 Å². The molecule has 0 saturated heterocycles. The molecule has 0 bridgehead atoms. The number of nitrogens with zero attached hydrogens (tertiary/aromatic N) is 3. The highest BCUT2D eigenvalue weighted by molar-refractivity contribution is 5.94. The SMILES string of the molecule is COc1cccc(C(=O)N(Cc2nccn2Cc2cccc(C(F)(F)F)c2)CC(C)C)c1. The molecular weight excluding hydrogens is 419 g/mol. The summed E-state index contributed by atoms with van der Waals surface area (Å²) in [6.07, 6.45) is -1.10. The van der Waals surface area contributed by atoms with Gasteiger partial charge in [-0.25, -0.2) is 4.98 Å². The molecule has 1 amide bonds. The molecule has 0 aliphatic heterocycles. The zero-order valence-corrected chi connectivity index (χ0v) is 18.3. The van der Waals surface area contributed by atoms with Gasteiger partial charge in [-0.05, 0) is 41.8 Å². The topological polar surface area (TPSA) is 47.4 Å². The molecule has 2 aromatic carbocycles. The summed E-state index contributed by atoms with van der Waals surface area (Å²) in [5.74, 6) is 1.24. The number of amides is 1. The number of benzene rings is 2. The number of ether oxygens (including phenoxy) is 1. The van der Waals surface area contributed by atoms with Crippen LogP contribution in [-0.4, -0.2) is 34.0 Å². The van der Waals surface area contributed by atoms with Gasteiger partial charge in [-0.3, -0.25) is 4.79 Å². The normalized spacial score (nSPS) is 11.6. The second-order valence-electron chi connectivity index (χ2n) is 7.98. The van der Waals surface area contributed by atoms with Gasteiger partial charge in [0, 0.05) is 31.0 Å². The molecule has 8 heteroatoms. The molecule has 0 unspecified atom stereocenters. The van der Waals surface area contributed by atoms with E-state index >= 15 is 0 Å². The van der Waals surface area contributed by atoms with Crippen molar-refractivity contribution < 1.29 is 22.7 Å². The third kappa shape index (κ3) is 5.90. The molecule has 0 spiro atoms. The quantitative estimate of drug-likeness (QED) is 0.475. The fourth-order valence-corrected chi connectivity index (χ4v) is 3.45. The molecule has 0 N–H and O–H groups in total. The second kappa shape index (κ2) is 9.89. The molecule has 0 fully saturated rings. The summed E-state index contributed by atoms with van der Waals surface area (Å²) in [7, 11) is 1.54. The number of methoxy groups -OCH3 is 1. The number of hydrogen-bond donors (Lipinski definition) is 0. The number of rotatable bonds is 8. The minimum atomic E-state index is -4.40. The van der Waals surface area contributed by atoms with Crippen molar-refractivity contribution in [1.82, 2.24) is 14.5 Å². The first-order valence-corrected chi connectivity index (χ1v) is 10.3. The van der Waals surface area contributed by atoms with E-state index in [0.717, 1.165) is 12.1 Å². The third-order valence-electron chi connectivity index (χ3n) is 4.93. The second-order valence-corrected chi connectivity index (χ2v) is 7.98. The van der Waals surface area contributed by atoms with E-state index in [1.165, 1.54) is 6.07 Å². The number of imidazole rings is 1. The van der Waals surface area contributed by atoms with Crippen molar-refractivity contribution in [2.24, 2.45) is 5.92 Å². The minimum absolute atomic E-state index is 0.161. The van der Waals surface area contributed by atoms with Gasteiger partial charge in [-0.2, -0.15) is 13.2 Å². The summed E-state index contributed by atoms with van der Waals surface area (Å²) in [6.45, 7) is 5.00. The molecule has 0 aliphatic rings. The highest BCUT2D eigenvalue weighted by Gasteiger charge is 2.30. The maximum atomic E-state index is 13.2. The van der Waals surface area contributed by atoms with E-state index in [1.807, 2.05) is 13.8 Å². The van der Waals surface area contributed by atoms with Crippen LogP contribution in [0, 0.1) is 5.92 Å². The summed E-state index contributed by atoms with van der Waals surface area (Å²) in [5.41, 5.74) is 0.320. The van der Waals surface area contributed by atoms with Crippen LogP contribution in [0.15, 0.2) is 60.9 Å². The fourth-order valence-electron chi connectivity index (χ4n) is 3.45. The van der Waals surface area contributed by atoms with Crippen molar-refractivity contribution in [2.45, 2.75) is 33.1 Å². The Balaban J connectivity index is 1.83. The summed E-state index contributed by atoms with van der Waals surface area (Å²) < 4.78 is 46.1. The Morgan fingerprint density at radius 2 is 1.91 bits per heavy atom. The van der Waals surface area contributed by atoms with Crippen molar-refractivity contribution >= 4 is 5.91 Å². The molecule has 0 aliphatic carbocycles. The van der Waals surface area contributed by atoms with Gasteiger partial charge in [0.15, 0.2) is 0 Å². The molecule has 1 heterocycles. The first kappa shape index (κ1) is 23.4. The van der Waals surface area contributed by atoms with Crippen molar-refractivity contribution in [3.8, 4) is 5.75 Å². The maximum absolute atomic E-state index is 13.2. The lowest BCUT2D eigenvalue weighted by Gasteiger charge is -2.25. The number of hydrogen-bond acceptors (Lipinski definition) is 3. The number of carbonyl (C=O) groups excluding carboxylic acids is 1. The van der Waals surface area contributed by atoms with E-state index in [-0.39, 0.29) is 24.9 Å². The van der Waals surface area contributed by atoms with Gasteiger partial charge in [0.2, 0.25) is 0 Å². The Hall–Kier alpha value is -3.29. The molecule has 1 aromatic heterocycles. The molecular formula is C24H26F3N3O2. The zero-order chi connectivity index (χ0) is 23.3. The summed E-state index contributed by atoms with van der Waals surface area (Å²) in [5, 5.41) is 0. The highest BCUT2D eigenvalue weighted by Crippen LogP contribution is 2.29. The van der Waals surface area contributed by atoms with Gasteiger partial charge in [0.25, 0.3) is 5.91 Å². The van der Waals surface area contributed by atoms with Crippen LogP contribution in [0.4, 0.5) is 13.2 Å². The fraction of sp³-hybridized carbons (Fsp3) is 0.333. The Morgan fingerprint density at radius 1 is 1.16 bits per heavy atom. The average molecular weight is 445 g/mol. The molecule has 5 nitrogen and oxygen atoms in total. The number of halogens is 3. The molecule has 3 rings (SSSR count). The van der Waals surface area contributed by atoms with Gasteiger partial charge in [-0.1, -0.05) is 32.0 Å². The van der Waals surface area contributed by atoms with Gasteiger partial charge >= 0.3 is 6.18 Å². The van der Waals surface area contributed by atoms with Crippen molar-refractivity contribution in [2.75, 3.05) is 13.7 Å². The Morgan fingerprint density at radius 3 is 2.59 bits per heavy atom. The van der Waals surface area contributed by atoms with E-state index in [2.05, 4.69) is 4.98 Å². The lowest BCUT2D eigenvalue weighted by Crippen LogP contribution is -2.34. The van der Waals surface area contributed by atoms with Crippen LogP contribution in [0.25, 0.3) is 0 Å². The molecule has 0 atom stereocenters. The van der Waals surface area contributed by atoms with Crippen LogP contribution in [-0.2, 0) is 19.3 Å². The van der Waals surface area contributed by atoms with Crippen LogP contribution in [0.3, 0.4) is 0 Å². The number of alkyl halides is 3. The van der Waals surface area contributed by atoms with E-state index in [4.69, 9.17) is 4.74 Å². The van der Waals surface area contributed by atoms with E-state index in [0.29, 0.717) is 29.2 Å². The lowest BCUT2D eigenvalue weighted by atomic mass is 10.1. The van der Waals surface area contributed by atoms with Crippen LogP contribution < -0.4 is 4.74 Å². The molecule has 0 radical (unpaired) electrons. The Bertz CT molecular complexity index is 1060. The third-order valence-corrected chi connectivity index (χ3v) is 4.93.